The average Bonchev–Trinajstić information content (AvgIpc) is 2.85. The maximum Gasteiger partial charge on any atom is 0.139 e. The molecule has 0 spiro atoms. The number of hydrogen-bond acceptors (Lipinski definition) is 2. The van der Waals surface area contributed by atoms with Crippen molar-refractivity contribution in [2.75, 3.05) is 0 Å². The second kappa shape index (κ2) is 13.9. The van der Waals surface area contributed by atoms with Gasteiger partial charge >= 0.3 is 0 Å². The molecule has 1 rings (SSSR count). The molecule has 1 heterocycles. The van der Waals surface area contributed by atoms with Crippen LogP contribution in [0.1, 0.15) is 153 Å². The zero-order valence-electron chi connectivity index (χ0n) is 25.5. The monoisotopic (exact) mass is 504 g/mol. The fraction of sp³-hybridized carbons (Fsp3) is 0.848. The SMILES string of the molecule is CCCCC(CCC(CC)(CC)C1=CC(C)(C)C=C(C(C)(CC)CC)S1)CC(=O)C(C)(CC)CC. The van der Waals surface area contributed by atoms with Gasteiger partial charge in [0.1, 0.15) is 5.78 Å². The molecule has 1 unspecified atom stereocenters. The molecule has 1 aliphatic rings. The zero-order chi connectivity index (χ0) is 26.9. The standard InChI is InChI=1S/C33H60OS/c1-12-19-20-26(23-27(34)31(10,13-2)14-3)21-22-33(17-6,18-7)29-25-30(8,9)24-28(35-29)32(11,15-4)16-5/h24-26H,12-23H2,1-11H3. The van der Waals surface area contributed by atoms with Gasteiger partial charge in [0.15, 0.2) is 0 Å². The second-order valence-electron chi connectivity index (χ2n) is 12.6. The third kappa shape index (κ3) is 8.24. The van der Waals surface area contributed by atoms with Crippen LogP contribution in [0, 0.1) is 27.6 Å². The summed E-state index contributed by atoms with van der Waals surface area (Å²) < 4.78 is 0. The van der Waals surface area contributed by atoms with E-state index in [2.05, 4.69) is 100 Å². The molecule has 0 N–H and O–H groups in total. The first-order chi connectivity index (χ1) is 16.3. The Morgan fingerprint density at radius 2 is 1.37 bits per heavy atom. The van der Waals surface area contributed by atoms with Gasteiger partial charge in [0.2, 0.25) is 0 Å². The van der Waals surface area contributed by atoms with Gasteiger partial charge in [-0.2, -0.15) is 0 Å². The van der Waals surface area contributed by atoms with Gasteiger partial charge < -0.3 is 0 Å². The van der Waals surface area contributed by atoms with Crippen molar-refractivity contribution in [3.8, 4) is 0 Å². The fourth-order valence-electron chi connectivity index (χ4n) is 5.60. The third-order valence-electron chi connectivity index (χ3n) is 9.96. The van der Waals surface area contributed by atoms with Gasteiger partial charge in [0, 0.05) is 22.7 Å². The molecule has 1 atom stereocenters. The molecular formula is C33H60OS. The summed E-state index contributed by atoms with van der Waals surface area (Å²) in [5.74, 6) is 1.02. The minimum Gasteiger partial charge on any atom is -0.299 e. The Balaban J connectivity index is 3.21. The topological polar surface area (TPSA) is 17.1 Å². The molecular weight excluding hydrogens is 444 g/mol. The lowest BCUT2D eigenvalue weighted by Gasteiger charge is -2.43. The Labute approximate surface area is 224 Å². The van der Waals surface area contributed by atoms with Gasteiger partial charge in [-0.25, -0.2) is 0 Å². The quantitative estimate of drug-likeness (QED) is 0.196. The third-order valence-corrected chi connectivity index (χ3v) is 11.6. The number of ketones is 1. The molecule has 0 amide bonds. The van der Waals surface area contributed by atoms with Gasteiger partial charge in [-0.3, -0.25) is 4.79 Å². The highest BCUT2D eigenvalue weighted by atomic mass is 32.2. The van der Waals surface area contributed by atoms with Crippen molar-refractivity contribution >= 4 is 17.5 Å². The molecule has 0 saturated carbocycles. The summed E-state index contributed by atoms with van der Waals surface area (Å²) >= 11 is 2.10. The van der Waals surface area contributed by atoms with Crippen LogP contribution in [0.3, 0.4) is 0 Å². The Hall–Kier alpha value is -0.500. The lowest BCUT2D eigenvalue weighted by molar-refractivity contribution is -0.129. The molecule has 204 valence electrons. The number of carbonyl (C=O) groups is 1. The lowest BCUT2D eigenvalue weighted by Crippen LogP contribution is -2.30. The Kier molecular flexibility index (Phi) is 12.9. The highest BCUT2D eigenvalue weighted by molar-refractivity contribution is 8.06. The molecule has 0 saturated heterocycles. The van der Waals surface area contributed by atoms with Gasteiger partial charge in [-0.1, -0.05) is 119 Å². The number of allylic oxidation sites excluding steroid dienone is 4. The van der Waals surface area contributed by atoms with E-state index in [1.165, 1.54) is 57.8 Å². The van der Waals surface area contributed by atoms with E-state index in [0.29, 0.717) is 11.7 Å². The van der Waals surface area contributed by atoms with Crippen molar-refractivity contribution in [3.63, 3.8) is 0 Å². The largest absolute Gasteiger partial charge is 0.299 e. The van der Waals surface area contributed by atoms with Gasteiger partial charge in [-0.15, -0.1) is 0 Å². The molecule has 0 aromatic carbocycles. The maximum atomic E-state index is 13.3. The molecule has 0 aromatic rings. The van der Waals surface area contributed by atoms with Crippen LogP contribution >= 0.6 is 11.8 Å². The van der Waals surface area contributed by atoms with E-state index >= 15 is 0 Å². The molecule has 0 aromatic heterocycles. The van der Waals surface area contributed by atoms with Crippen LogP contribution in [-0.4, -0.2) is 5.78 Å². The van der Waals surface area contributed by atoms with Crippen molar-refractivity contribution in [1.82, 2.24) is 0 Å². The highest BCUT2D eigenvalue weighted by Crippen LogP contribution is 2.57. The van der Waals surface area contributed by atoms with Crippen LogP contribution in [0.2, 0.25) is 0 Å². The minimum absolute atomic E-state index is 0.0960. The summed E-state index contributed by atoms with van der Waals surface area (Å²) in [6.45, 7) is 25.5. The van der Waals surface area contributed by atoms with Crippen molar-refractivity contribution in [3.05, 3.63) is 22.0 Å². The summed E-state index contributed by atoms with van der Waals surface area (Å²) in [7, 11) is 0. The number of unbranched alkanes of at least 4 members (excludes halogenated alkanes) is 1. The van der Waals surface area contributed by atoms with Crippen LogP contribution in [-0.2, 0) is 4.79 Å². The minimum atomic E-state index is -0.146. The first kappa shape index (κ1) is 32.5. The summed E-state index contributed by atoms with van der Waals surface area (Å²) in [6, 6.07) is 0. The van der Waals surface area contributed by atoms with Crippen LogP contribution in [0.25, 0.3) is 0 Å². The van der Waals surface area contributed by atoms with Crippen molar-refractivity contribution in [2.24, 2.45) is 27.6 Å². The second-order valence-corrected chi connectivity index (χ2v) is 13.7. The molecule has 0 radical (unpaired) electrons. The van der Waals surface area contributed by atoms with E-state index in [4.69, 9.17) is 0 Å². The number of thioether (sulfide) groups is 1. The molecule has 1 aliphatic heterocycles. The van der Waals surface area contributed by atoms with Crippen molar-refractivity contribution in [2.45, 2.75) is 153 Å². The summed E-state index contributed by atoms with van der Waals surface area (Å²) in [4.78, 5) is 16.5. The maximum absolute atomic E-state index is 13.3. The Bertz CT molecular complexity index is 713. The summed E-state index contributed by atoms with van der Waals surface area (Å²) in [5.41, 5.74) is 0.428. The van der Waals surface area contributed by atoms with Crippen LogP contribution in [0.4, 0.5) is 0 Å². The number of Topliss-reactive ketones (excluding diaryl/α,β-unsaturated/α-hetero) is 1. The molecule has 0 aliphatic carbocycles. The van der Waals surface area contributed by atoms with E-state index in [9.17, 15) is 4.79 Å². The molecule has 35 heavy (non-hydrogen) atoms. The van der Waals surface area contributed by atoms with Gasteiger partial charge in [0.25, 0.3) is 0 Å². The molecule has 2 heteroatoms. The van der Waals surface area contributed by atoms with E-state index in [-0.39, 0.29) is 21.7 Å². The number of hydrogen-bond donors (Lipinski definition) is 0. The lowest BCUT2D eigenvalue weighted by atomic mass is 9.71. The summed E-state index contributed by atoms with van der Waals surface area (Å²) in [5, 5.41) is 0. The molecule has 0 bridgehead atoms. The smallest absolute Gasteiger partial charge is 0.139 e. The normalized spacial score (nSPS) is 17.7. The number of carbonyl (C=O) groups excluding carboxylic acids is 1. The van der Waals surface area contributed by atoms with Crippen molar-refractivity contribution < 1.29 is 4.79 Å². The highest BCUT2D eigenvalue weighted by Gasteiger charge is 2.39. The Morgan fingerprint density at radius 3 is 1.83 bits per heavy atom. The van der Waals surface area contributed by atoms with Crippen molar-refractivity contribution in [1.29, 1.82) is 0 Å². The molecule has 1 nitrogen and oxygen atoms in total. The zero-order valence-corrected chi connectivity index (χ0v) is 26.4. The van der Waals surface area contributed by atoms with E-state index in [1.54, 1.807) is 9.81 Å². The average molecular weight is 505 g/mol. The number of rotatable bonds is 17. The molecule has 0 fully saturated rings. The van der Waals surface area contributed by atoms with Gasteiger partial charge in [-0.05, 0) is 72.5 Å². The van der Waals surface area contributed by atoms with Gasteiger partial charge in [0.05, 0.1) is 0 Å². The van der Waals surface area contributed by atoms with Crippen LogP contribution < -0.4 is 0 Å². The predicted octanol–water partition coefficient (Wildman–Crippen LogP) is 11.5. The predicted molar refractivity (Wildman–Crippen MR) is 160 cm³/mol. The van der Waals surface area contributed by atoms with Crippen LogP contribution in [0.15, 0.2) is 22.0 Å². The summed E-state index contributed by atoms with van der Waals surface area (Å²) in [6.07, 6.45) is 18.6. The first-order valence-electron chi connectivity index (χ1n) is 15.0. The Morgan fingerprint density at radius 1 is 0.829 bits per heavy atom. The van der Waals surface area contributed by atoms with Crippen LogP contribution in [0.5, 0.6) is 0 Å². The van der Waals surface area contributed by atoms with E-state index < -0.39 is 0 Å². The van der Waals surface area contributed by atoms with E-state index in [1.807, 2.05) is 0 Å². The first-order valence-corrected chi connectivity index (χ1v) is 15.8. The van der Waals surface area contributed by atoms with E-state index in [0.717, 1.165) is 19.3 Å². The fourth-order valence-corrected chi connectivity index (χ4v) is 7.71.